The molecule has 1 fully saturated rings. The Labute approximate surface area is 172 Å². The van der Waals surface area contributed by atoms with Gasteiger partial charge in [0, 0.05) is 18.8 Å². The Morgan fingerprint density at radius 3 is 2.34 bits per heavy atom. The number of benzene rings is 2. The highest BCUT2D eigenvalue weighted by Gasteiger charge is 2.25. The second-order valence-corrected chi connectivity index (χ2v) is 9.35. The molecule has 1 aliphatic heterocycles. The summed E-state index contributed by atoms with van der Waals surface area (Å²) < 4.78 is 33.2. The summed E-state index contributed by atoms with van der Waals surface area (Å²) >= 11 is 0. The van der Waals surface area contributed by atoms with Gasteiger partial charge in [-0.3, -0.25) is 4.79 Å². The van der Waals surface area contributed by atoms with Crippen molar-refractivity contribution < 1.29 is 17.9 Å². The van der Waals surface area contributed by atoms with Gasteiger partial charge >= 0.3 is 0 Å². The monoisotopic (exact) mass is 416 g/mol. The van der Waals surface area contributed by atoms with E-state index in [1.807, 2.05) is 31.2 Å². The maximum absolute atomic E-state index is 13.0. The zero-order chi connectivity index (χ0) is 20.9. The molecule has 2 aromatic carbocycles. The van der Waals surface area contributed by atoms with Crippen molar-refractivity contribution >= 4 is 21.6 Å². The van der Waals surface area contributed by atoms with E-state index < -0.39 is 16.1 Å². The Kier molecular flexibility index (Phi) is 6.92. The lowest BCUT2D eigenvalue weighted by molar-refractivity contribution is -0.122. The zero-order valence-corrected chi connectivity index (χ0v) is 17.7. The fraction of sp³-hybridized carbons (Fsp3) is 0.409. The maximum atomic E-state index is 13.0. The third-order valence-electron chi connectivity index (χ3n) is 5.01. The minimum atomic E-state index is -3.57. The van der Waals surface area contributed by atoms with E-state index in [4.69, 9.17) is 4.74 Å². The average molecular weight is 417 g/mol. The van der Waals surface area contributed by atoms with Gasteiger partial charge in [-0.15, -0.1) is 0 Å². The number of hydrogen-bond acceptors (Lipinski definition) is 4. The topological polar surface area (TPSA) is 75.7 Å². The van der Waals surface area contributed by atoms with Crippen molar-refractivity contribution in [2.75, 3.05) is 18.4 Å². The average Bonchev–Trinajstić information content (AvgIpc) is 3.00. The number of aryl methyl sites for hydroxylation is 1. The van der Waals surface area contributed by atoms with Crippen molar-refractivity contribution in [2.24, 2.45) is 0 Å². The molecule has 0 spiro atoms. The molecule has 0 radical (unpaired) electrons. The minimum Gasteiger partial charge on any atom is -0.481 e. The van der Waals surface area contributed by atoms with Crippen LogP contribution in [0.15, 0.2) is 53.4 Å². The maximum Gasteiger partial charge on any atom is 0.265 e. The largest absolute Gasteiger partial charge is 0.481 e. The van der Waals surface area contributed by atoms with E-state index >= 15 is 0 Å². The molecule has 0 bridgehead atoms. The first-order valence-corrected chi connectivity index (χ1v) is 11.4. The summed E-state index contributed by atoms with van der Waals surface area (Å²) in [5, 5.41) is 2.75. The van der Waals surface area contributed by atoms with E-state index in [2.05, 4.69) is 5.32 Å². The number of nitrogens with one attached hydrogen (secondary N) is 1. The molecule has 2 aromatic rings. The van der Waals surface area contributed by atoms with Crippen LogP contribution >= 0.6 is 0 Å². The molecule has 0 aliphatic carbocycles. The molecule has 1 amide bonds. The predicted molar refractivity (Wildman–Crippen MR) is 114 cm³/mol. The molecule has 0 saturated carbocycles. The lowest BCUT2D eigenvalue weighted by atomic mass is 10.2. The quantitative estimate of drug-likeness (QED) is 0.773. The van der Waals surface area contributed by atoms with E-state index in [1.165, 1.54) is 6.07 Å². The number of nitrogens with zero attached hydrogens (tertiary/aromatic N) is 1. The molecule has 1 N–H and O–H groups in total. The number of carbonyl (C=O) groups is 1. The highest BCUT2D eigenvalue weighted by molar-refractivity contribution is 7.89. The fourth-order valence-corrected chi connectivity index (χ4v) is 4.85. The summed E-state index contributed by atoms with van der Waals surface area (Å²) in [4.78, 5) is 12.7. The molecule has 156 valence electrons. The summed E-state index contributed by atoms with van der Waals surface area (Å²) in [5.41, 5.74) is 1.54. The van der Waals surface area contributed by atoms with E-state index in [0.717, 1.165) is 31.2 Å². The molecule has 1 aliphatic rings. The summed E-state index contributed by atoms with van der Waals surface area (Å²) in [6, 6.07) is 13.9. The molecule has 6 nitrogen and oxygen atoms in total. The number of anilines is 1. The van der Waals surface area contributed by atoms with Crippen molar-refractivity contribution in [1.29, 1.82) is 0 Å². The van der Waals surface area contributed by atoms with Crippen LogP contribution in [0.25, 0.3) is 0 Å². The second-order valence-electron chi connectivity index (χ2n) is 7.41. The van der Waals surface area contributed by atoms with Crippen LogP contribution in [0.4, 0.5) is 5.69 Å². The van der Waals surface area contributed by atoms with Gasteiger partial charge in [0.15, 0.2) is 6.10 Å². The first kappa shape index (κ1) is 21.3. The van der Waals surface area contributed by atoms with Gasteiger partial charge in [-0.05, 0) is 57.0 Å². The lowest BCUT2D eigenvalue weighted by Gasteiger charge is -2.20. The van der Waals surface area contributed by atoms with Crippen LogP contribution in [0.1, 0.15) is 38.2 Å². The third kappa shape index (κ3) is 5.58. The zero-order valence-electron chi connectivity index (χ0n) is 16.9. The van der Waals surface area contributed by atoms with Crippen molar-refractivity contribution in [3.63, 3.8) is 0 Å². The van der Waals surface area contributed by atoms with E-state index in [-0.39, 0.29) is 10.8 Å². The lowest BCUT2D eigenvalue weighted by Crippen LogP contribution is -2.32. The molecular formula is C22H28N2O4S. The fourth-order valence-electron chi connectivity index (χ4n) is 3.28. The number of carbonyl (C=O) groups excluding carboxylic acids is 1. The number of ether oxygens (including phenoxy) is 1. The molecule has 3 rings (SSSR count). The molecule has 0 unspecified atom stereocenters. The van der Waals surface area contributed by atoms with Crippen molar-refractivity contribution in [3.05, 3.63) is 54.1 Å². The molecule has 0 aromatic heterocycles. The van der Waals surface area contributed by atoms with Gasteiger partial charge in [0.2, 0.25) is 10.0 Å². The summed E-state index contributed by atoms with van der Waals surface area (Å²) in [6.45, 7) is 4.72. The molecule has 7 heteroatoms. The van der Waals surface area contributed by atoms with Gasteiger partial charge in [0.25, 0.3) is 5.91 Å². The van der Waals surface area contributed by atoms with Crippen LogP contribution in [0.3, 0.4) is 0 Å². The number of sulfonamides is 1. The van der Waals surface area contributed by atoms with Crippen LogP contribution in [0.2, 0.25) is 0 Å². The highest BCUT2D eigenvalue weighted by atomic mass is 32.2. The van der Waals surface area contributed by atoms with Crippen LogP contribution in [-0.2, 0) is 14.8 Å². The van der Waals surface area contributed by atoms with Gasteiger partial charge in [0.1, 0.15) is 5.75 Å². The Hall–Kier alpha value is -2.38. The summed E-state index contributed by atoms with van der Waals surface area (Å²) in [7, 11) is -3.57. The van der Waals surface area contributed by atoms with Crippen LogP contribution in [-0.4, -0.2) is 37.8 Å². The summed E-state index contributed by atoms with van der Waals surface area (Å²) in [6.07, 6.45) is 3.15. The van der Waals surface area contributed by atoms with Crippen molar-refractivity contribution in [3.8, 4) is 5.75 Å². The van der Waals surface area contributed by atoms with Gasteiger partial charge in [-0.1, -0.05) is 36.6 Å². The number of hydrogen-bond donors (Lipinski definition) is 1. The first-order valence-electron chi connectivity index (χ1n) is 10.0. The van der Waals surface area contributed by atoms with Gasteiger partial charge in [0.05, 0.1) is 4.90 Å². The standard InChI is InChI=1S/C22H28N2O4S/c1-17-10-12-20(13-11-17)28-18(2)22(25)23-19-8-7-9-21(16-19)29(26,27)24-14-5-3-4-6-15-24/h7-13,16,18H,3-6,14-15H2,1-2H3,(H,23,25)/t18-/m0/s1. The van der Waals surface area contributed by atoms with Gasteiger partial charge in [-0.2, -0.15) is 4.31 Å². The van der Waals surface area contributed by atoms with Crippen molar-refractivity contribution in [2.45, 2.75) is 50.5 Å². The number of amides is 1. The smallest absolute Gasteiger partial charge is 0.265 e. The Morgan fingerprint density at radius 1 is 1.03 bits per heavy atom. The normalized spacial score (nSPS) is 16.6. The van der Waals surface area contributed by atoms with E-state index in [1.54, 1.807) is 29.4 Å². The molecule has 1 saturated heterocycles. The second kappa shape index (κ2) is 9.41. The molecule has 1 atom stereocenters. The van der Waals surface area contributed by atoms with E-state index in [9.17, 15) is 13.2 Å². The van der Waals surface area contributed by atoms with Crippen LogP contribution < -0.4 is 10.1 Å². The van der Waals surface area contributed by atoms with Crippen LogP contribution in [0, 0.1) is 6.92 Å². The summed E-state index contributed by atoms with van der Waals surface area (Å²) in [5.74, 6) is 0.269. The Balaban J connectivity index is 1.68. The third-order valence-corrected chi connectivity index (χ3v) is 6.90. The molecular weight excluding hydrogens is 388 g/mol. The number of rotatable bonds is 6. The molecule has 29 heavy (non-hydrogen) atoms. The first-order chi connectivity index (χ1) is 13.9. The van der Waals surface area contributed by atoms with Gasteiger partial charge < -0.3 is 10.1 Å². The minimum absolute atomic E-state index is 0.198. The van der Waals surface area contributed by atoms with Crippen LogP contribution in [0.5, 0.6) is 5.75 Å². The SMILES string of the molecule is Cc1ccc(O[C@@H](C)C(=O)Nc2cccc(S(=O)(=O)N3CCCCCC3)c2)cc1. The Morgan fingerprint density at radius 2 is 1.69 bits per heavy atom. The predicted octanol–water partition coefficient (Wildman–Crippen LogP) is 3.97. The Bertz CT molecular complexity index is 934. The van der Waals surface area contributed by atoms with Gasteiger partial charge in [-0.25, -0.2) is 8.42 Å². The van der Waals surface area contributed by atoms with E-state index in [0.29, 0.717) is 24.5 Å². The van der Waals surface area contributed by atoms with Crippen molar-refractivity contribution in [1.82, 2.24) is 4.31 Å². The molecule has 1 heterocycles. The highest BCUT2D eigenvalue weighted by Crippen LogP contribution is 2.23.